The highest BCUT2D eigenvalue weighted by Crippen LogP contribution is 2.27. The maximum Gasteiger partial charge on any atom is 0.156 e. The second-order valence-corrected chi connectivity index (χ2v) is 4.56. The first-order chi connectivity index (χ1) is 8.15. The molecule has 1 saturated heterocycles. The number of carbonyl (C=O) groups excluding carboxylic acids is 1. The van der Waals surface area contributed by atoms with Crippen molar-refractivity contribution < 1.29 is 9.90 Å². The van der Waals surface area contributed by atoms with E-state index in [2.05, 4.69) is 9.97 Å². The summed E-state index contributed by atoms with van der Waals surface area (Å²) in [5, 5.41) is 9.30. The number of halogens is 1. The Morgan fingerprint density at radius 3 is 2.94 bits per heavy atom. The van der Waals surface area contributed by atoms with Crippen molar-refractivity contribution in [3.05, 3.63) is 16.5 Å². The molecule has 2 rings (SSSR count). The molecule has 6 heteroatoms. The molecule has 1 fully saturated rings. The van der Waals surface area contributed by atoms with Gasteiger partial charge in [-0.3, -0.25) is 4.79 Å². The van der Waals surface area contributed by atoms with Gasteiger partial charge in [0.1, 0.15) is 16.8 Å². The van der Waals surface area contributed by atoms with Gasteiger partial charge in [-0.2, -0.15) is 0 Å². The Morgan fingerprint density at radius 2 is 2.35 bits per heavy atom. The topological polar surface area (TPSA) is 66.3 Å². The molecule has 2 heterocycles. The summed E-state index contributed by atoms with van der Waals surface area (Å²) in [4.78, 5) is 21.2. The van der Waals surface area contributed by atoms with Crippen LogP contribution in [0.5, 0.6) is 0 Å². The summed E-state index contributed by atoms with van der Waals surface area (Å²) in [5.41, 5.74) is 0.329. The summed E-state index contributed by atoms with van der Waals surface area (Å²) < 4.78 is 0. The van der Waals surface area contributed by atoms with Crippen LogP contribution in [0.1, 0.15) is 22.6 Å². The molecule has 0 aromatic carbocycles. The summed E-state index contributed by atoms with van der Waals surface area (Å²) in [6.07, 6.45) is 1.58. The highest BCUT2D eigenvalue weighted by molar-refractivity contribution is 6.32. The molecule has 0 saturated carbocycles. The van der Waals surface area contributed by atoms with Crippen LogP contribution >= 0.6 is 11.6 Å². The number of hydrogen-bond donors (Lipinski definition) is 1. The number of hydrogen-bond acceptors (Lipinski definition) is 5. The molecule has 1 atom stereocenters. The summed E-state index contributed by atoms with van der Waals surface area (Å²) in [7, 11) is 0. The van der Waals surface area contributed by atoms with E-state index in [0.29, 0.717) is 30.0 Å². The molecule has 5 nitrogen and oxygen atoms in total. The molecular weight excluding hydrogens is 242 g/mol. The van der Waals surface area contributed by atoms with Gasteiger partial charge in [0.05, 0.1) is 5.56 Å². The molecule has 1 aliphatic rings. The van der Waals surface area contributed by atoms with Gasteiger partial charge in [0, 0.05) is 25.6 Å². The average molecular weight is 256 g/mol. The fraction of sp³-hybridized carbons (Fsp3) is 0.545. The average Bonchev–Trinajstić information content (AvgIpc) is 2.76. The molecule has 0 aliphatic carbocycles. The minimum absolute atomic E-state index is 0.157. The van der Waals surface area contributed by atoms with Gasteiger partial charge in [0.25, 0.3) is 0 Å². The van der Waals surface area contributed by atoms with Crippen LogP contribution in [0.2, 0.25) is 5.15 Å². The zero-order chi connectivity index (χ0) is 12.4. The van der Waals surface area contributed by atoms with Crippen LogP contribution in [0.3, 0.4) is 0 Å². The lowest BCUT2D eigenvalue weighted by Crippen LogP contribution is -2.24. The van der Waals surface area contributed by atoms with Crippen LogP contribution in [-0.4, -0.2) is 41.1 Å². The fourth-order valence-corrected chi connectivity index (χ4v) is 2.30. The van der Waals surface area contributed by atoms with Gasteiger partial charge in [0.2, 0.25) is 0 Å². The van der Waals surface area contributed by atoms with E-state index >= 15 is 0 Å². The SMILES string of the molecule is Cc1nc(Cl)c(C=O)c(N2CCC(CO)C2)n1. The third-order valence-corrected chi connectivity index (χ3v) is 3.24. The first kappa shape index (κ1) is 12.3. The number of aliphatic hydroxyl groups is 1. The Labute approximate surface area is 104 Å². The third kappa shape index (κ3) is 2.40. The van der Waals surface area contributed by atoms with Gasteiger partial charge < -0.3 is 10.0 Å². The number of aliphatic hydroxyl groups excluding tert-OH is 1. The van der Waals surface area contributed by atoms with E-state index in [-0.39, 0.29) is 17.7 Å². The summed E-state index contributed by atoms with van der Waals surface area (Å²) >= 11 is 5.93. The molecule has 0 amide bonds. The predicted octanol–water partition coefficient (Wildman–Crippen LogP) is 1.07. The number of nitrogens with zero attached hydrogens (tertiary/aromatic N) is 3. The van der Waals surface area contributed by atoms with Crippen molar-refractivity contribution in [1.82, 2.24) is 9.97 Å². The fourth-order valence-electron chi connectivity index (χ4n) is 2.05. The number of aldehydes is 1. The minimum atomic E-state index is 0.157. The van der Waals surface area contributed by atoms with Gasteiger partial charge in [-0.05, 0) is 13.3 Å². The molecule has 0 spiro atoms. The number of carbonyl (C=O) groups is 1. The number of anilines is 1. The Kier molecular flexibility index (Phi) is 3.59. The molecule has 1 aromatic heterocycles. The van der Waals surface area contributed by atoms with E-state index in [1.54, 1.807) is 6.92 Å². The van der Waals surface area contributed by atoms with E-state index in [1.807, 2.05) is 4.90 Å². The Hall–Kier alpha value is -1.20. The lowest BCUT2D eigenvalue weighted by atomic mass is 10.1. The molecule has 1 aromatic rings. The van der Waals surface area contributed by atoms with E-state index in [4.69, 9.17) is 16.7 Å². The van der Waals surface area contributed by atoms with Gasteiger partial charge in [-0.25, -0.2) is 9.97 Å². The van der Waals surface area contributed by atoms with Crippen molar-refractivity contribution in [3.8, 4) is 0 Å². The summed E-state index contributed by atoms with van der Waals surface area (Å²) in [5.74, 6) is 1.36. The van der Waals surface area contributed by atoms with E-state index in [9.17, 15) is 4.79 Å². The van der Waals surface area contributed by atoms with Crippen molar-refractivity contribution in [3.63, 3.8) is 0 Å². The predicted molar refractivity (Wildman–Crippen MR) is 64.6 cm³/mol. The van der Waals surface area contributed by atoms with Gasteiger partial charge in [0.15, 0.2) is 6.29 Å². The van der Waals surface area contributed by atoms with Crippen LogP contribution < -0.4 is 4.90 Å². The Morgan fingerprint density at radius 1 is 1.59 bits per heavy atom. The van der Waals surface area contributed by atoms with Crippen molar-refractivity contribution in [2.24, 2.45) is 5.92 Å². The van der Waals surface area contributed by atoms with E-state index in [1.165, 1.54) is 0 Å². The maximum absolute atomic E-state index is 11.0. The quantitative estimate of drug-likeness (QED) is 0.647. The van der Waals surface area contributed by atoms with Crippen LogP contribution in [0, 0.1) is 12.8 Å². The van der Waals surface area contributed by atoms with E-state index in [0.717, 1.165) is 13.0 Å². The Bertz CT molecular complexity index is 439. The first-order valence-corrected chi connectivity index (χ1v) is 5.88. The molecular formula is C11H14ClN3O2. The second-order valence-electron chi connectivity index (χ2n) is 4.20. The van der Waals surface area contributed by atoms with Crippen LogP contribution in [0.4, 0.5) is 5.82 Å². The van der Waals surface area contributed by atoms with Gasteiger partial charge >= 0.3 is 0 Å². The molecule has 1 unspecified atom stereocenters. The summed E-state index contributed by atoms with van der Waals surface area (Å²) in [6, 6.07) is 0. The normalized spacial score (nSPS) is 19.7. The largest absolute Gasteiger partial charge is 0.396 e. The molecule has 0 radical (unpaired) electrons. The van der Waals surface area contributed by atoms with Crippen LogP contribution in [0.15, 0.2) is 0 Å². The number of rotatable bonds is 3. The van der Waals surface area contributed by atoms with Crippen LogP contribution in [-0.2, 0) is 0 Å². The molecule has 17 heavy (non-hydrogen) atoms. The zero-order valence-corrected chi connectivity index (χ0v) is 10.3. The minimum Gasteiger partial charge on any atom is -0.396 e. The molecule has 0 bridgehead atoms. The lowest BCUT2D eigenvalue weighted by molar-refractivity contribution is 0.112. The Balaban J connectivity index is 2.35. The van der Waals surface area contributed by atoms with Crippen molar-refractivity contribution in [1.29, 1.82) is 0 Å². The zero-order valence-electron chi connectivity index (χ0n) is 9.56. The number of aromatic nitrogens is 2. The molecule has 1 aliphatic heterocycles. The number of aryl methyl sites for hydroxylation is 1. The van der Waals surface area contributed by atoms with Crippen LogP contribution in [0.25, 0.3) is 0 Å². The van der Waals surface area contributed by atoms with E-state index < -0.39 is 0 Å². The lowest BCUT2D eigenvalue weighted by Gasteiger charge is -2.19. The van der Waals surface area contributed by atoms with Crippen molar-refractivity contribution >= 4 is 23.7 Å². The van der Waals surface area contributed by atoms with Crippen molar-refractivity contribution in [2.75, 3.05) is 24.6 Å². The highest BCUT2D eigenvalue weighted by atomic mass is 35.5. The van der Waals surface area contributed by atoms with Gasteiger partial charge in [-0.15, -0.1) is 0 Å². The monoisotopic (exact) mass is 255 g/mol. The molecule has 1 N–H and O–H groups in total. The maximum atomic E-state index is 11.0. The highest BCUT2D eigenvalue weighted by Gasteiger charge is 2.26. The summed E-state index contributed by atoms with van der Waals surface area (Å²) in [6.45, 7) is 3.37. The first-order valence-electron chi connectivity index (χ1n) is 5.50. The second kappa shape index (κ2) is 4.98. The standard InChI is InChI=1S/C11H14ClN3O2/c1-7-13-10(12)9(6-17)11(14-7)15-3-2-8(4-15)5-16/h6,8,16H,2-5H2,1H3. The smallest absolute Gasteiger partial charge is 0.156 e. The molecule has 92 valence electrons. The third-order valence-electron chi connectivity index (χ3n) is 2.95. The van der Waals surface area contributed by atoms with Crippen molar-refractivity contribution in [2.45, 2.75) is 13.3 Å². The van der Waals surface area contributed by atoms with Gasteiger partial charge in [-0.1, -0.05) is 11.6 Å².